The van der Waals surface area contributed by atoms with Gasteiger partial charge in [0, 0.05) is 36.8 Å². The molecule has 0 bridgehead atoms. The number of carbonyl (C=O) groups is 2. The van der Waals surface area contributed by atoms with Crippen molar-refractivity contribution in [3.8, 4) is 0 Å². The lowest BCUT2D eigenvalue weighted by Crippen LogP contribution is -2.50. The summed E-state index contributed by atoms with van der Waals surface area (Å²) in [6.45, 7) is 1.40. The first-order valence-electron chi connectivity index (χ1n) is 6.47. The molecule has 0 radical (unpaired) electrons. The van der Waals surface area contributed by atoms with Crippen molar-refractivity contribution < 1.29 is 9.59 Å². The second-order valence-corrected chi connectivity index (χ2v) is 6.14. The molecule has 0 spiro atoms. The third kappa shape index (κ3) is 2.41. The summed E-state index contributed by atoms with van der Waals surface area (Å²) < 4.78 is 2.96. The maximum Gasteiger partial charge on any atom is 0.271 e. The Morgan fingerprint density at radius 3 is 2.74 bits per heavy atom. The number of rotatable bonds is 2. The van der Waals surface area contributed by atoms with Crippen molar-refractivity contribution >= 4 is 27.7 Å². The van der Waals surface area contributed by atoms with E-state index in [1.165, 1.54) is 0 Å². The zero-order valence-electron chi connectivity index (χ0n) is 10.8. The van der Waals surface area contributed by atoms with E-state index >= 15 is 0 Å². The van der Waals surface area contributed by atoms with Crippen LogP contribution in [-0.4, -0.2) is 52.9 Å². The molecule has 1 aliphatic carbocycles. The molecule has 19 heavy (non-hydrogen) atoms. The van der Waals surface area contributed by atoms with Crippen LogP contribution >= 0.6 is 15.9 Å². The van der Waals surface area contributed by atoms with Crippen molar-refractivity contribution in [3.63, 3.8) is 0 Å². The Balaban J connectivity index is 1.82. The Hall–Kier alpha value is -1.30. The molecule has 5 nitrogen and oxygen atoms in total. The van der Waals surface area contributed by atoms with Gasteiger partial charge in [0.15, 0.2) is 0 Å². The van der Waals surface area contributed by atoms with E-state index in [9.17, 15) is 9.59 Å². The standard InChI is InChI=1S/C13H16BrN3O2/c1-15-4-5-16(8-12(15)18)13(19)11-6-9(14)7-17(11)10-2-3-10/h6-7,10H,2-5,8H2,1H3. The van der Waals surface area contributed by atoms with Gasteiger partial charge in [-0.2, -0.15) is 0 Å². The van der Waals surface area contributed by atoms with E-state index in [4.69, 9.17) is 0 Å². The second-order valence-electron chi connectivity index (χ2n) is 5.22. The first-order chi connectivity index (χ1) is 9.06. The van der Waals surface area contributed by atoms with Gasteiger partial charge in [0.2, 0.25) is 5.91 Å². The van der Waals surface area contributed by atoms with E-state index in [-0.39, 0.29) is 18.4 Å². The molecular weight excluding hydrogens is 310 g/mol. The Morgan fingerprint density at radius 1 is 1.37 bits per heavy atom. The summed E-state index contributed by atoms with van der Waals surface area (Å²) in [5.74, 6) is -0.0396. The molecule has 6 heteroatoms. The van der Waals surface area contributed by atoms with Gasteiger partial charge < -0.3 is 14.4 Å². The van der Waals surface area contributed by atoms with E-state index in [1.54, 1.807) is 16.8 Å². The van der Waals surface area contributed by atoms with Gasteiger partial charge in [-0.05, 0) is 34.8 Å². The molecule has 2 aliphatic rings. The fourth-order valence-electron chi connectivity index (χ4n) is 2.37. The van der Waals surface area contributed by atoms with Gasteiger partial charge in [0.1, 0.15) is 12.2 Å². The highest BCUT2D eigenvalue weighted by molar-refractivity contribution is 9.10. The van der Waals surface area contributed by atoms with Gasteiger partial charge in [0.05, 0.1) is 0 Å². The average Bonchev–Trinajstić information content (AvgIpc) is 3.15. The van der Waals surface area contributed by atoms with E-state index in [1.807, 2.05) is 16.8 Å². The number of hydrogen-bond donors (Lipinski definition) is 0. The molecule has 2 fully saturated rings. The summed E-state index contributed by atoms with van der Waals surface area (Å²) in [5.41, 5.74) is 0.687. The minimum Gasteiger partial charge on any atom is -0.342 e. The highest BCUT2D eigenvalue weighted by Crippen LogP contribution is 2.37. The van der Waals surface area contributed by atoms with Gasteiger partial charge >= 0.3 is 0 Å². The molecule has 2 amide bonds. The number of carbonyl (C=O) groups excluding carboxylic acids is 2. The number of aromatic nitrogens is 1. The van der Waals surface area contributed by atoms with Crippen molar-refractivity contribution in [1.82, 2.24) is 14.4 Å². The van der Waals surface area contributed by atoms with Crippen LogP contribution in [0.4, 0.5) is 0 Å². The van der Waals surface area contributed by atoms with Crippen molar-refractivity contribution in [2.75, 3.05) is 26.7 Å². The normalized spacial score (nSPS) is 20.0. The lowest BCUT2D eigenvalue weighted by Gasteiger charge is -2.32. The van der Waals surface area contributed by atoms with E-state index in [0.717, 1.165) is 17.3 Å². The fraction of sp³-hybridized carbons (Fsp3) is 0.538. The highest BCUT2D eigenvalue weighted by Gasteiger charge is 2.31. The summed E-state index contributed by atoms with van der Waals surface area (Å²) in [6, 6.07) is 2.30. The zero-order valence-corrected chi connectivity index (χ0v) is 12.4. The van der Waals surface area contributed by atoms with Crippen LogP contribution < -0.4 is 0 Å². The summed E-state index contributed by atoms with van der Waals surface area (Å²) in [5, 5.41) is 0. The summed E-state index contributed by atoms with van der Waals surface area (Å²) >= 11 is 3.43. The number of amides is 2. The third-order valence-corrected chi connectivity index (χ3v) is 4.15. The Kier molecular flexibility index (Phi) is 3.12. The Bertz CT molecular complexity index is 536. The van der Waals surface area contributed by atoms with Crippen LogP contribution in [0.15, 0.2) is 16.7 Å². The molecule has 1 aliphatic heterocycles. The first kappa shape index (κ1) is 12.7. The average molecular weight is 326 g/mol. The van der Waals surface area contributed by atoms with Crippen molar-refractivity contribution in [2.45, 2.75) is 18.9 Å². The van der Waals surface area contributed by atoms with Crippen LogP contribution in [0.3, 0.4) is 0 Å². The topological polar surface area (TPSA) is 45.5 Å². The molecule has 0 unspecified atom stereocenters. The molecule has 0 N–H and O–H groups in total. The summed E-state index contributed by atoms with van der Waals surface area (Å²) in [7, 11) is 1.77. The van der Waals surface area contributed by atoms with Gasteiger partial charge in [-0.3, -0.25) is 9.59 Å². The number of likely N-dealkylation sites (N-methyl/N-ethyl adjacent to an activating group) is 1. The molecule has 1 saturated heterocycles. The molecule has 2 heterocycles. The van der Waals surface area contributed by atoms with E-state index < -0.39 is 0 Å². The Labute approximate surface area is 120 Å². The van der Waals surface area contributed by atoms with Crippen LogP contribution in [0.5, 0.6) is 0 Å². The molecule has 1 aromatic rings. The van der Waals surface area contributed by atoms with E-state index in [2.05, 4.69) is 15.9 Å². The molecule has 1 saturated carbocycles. The molecular formula is C13H16BrN3O2. The number of piperazine rings is 1. The fourth-order valence-corrected chi connectivity index (χ4v) is 2.80. The minimum absolute atomic E-state index is 0.00296. The van der Waals surface area contributed by atoms with Crippen LogP contribution in [0.1, 0.15) is 29.4 Å². The van der Waals surface area contributed by atoms with Gasteiger partial charge in [0.25, 0.3) is 5.91 Å². The zero-order chi connectivity index (χ0) is 13.6. The summed E-state index contributed by atoms with van der Waals surface area (Å²) in [6.07, 6.45) is 4.22. The molecule has 102 valence electrons. The number of nitrogens with zero attached hydrogens (tertiary/aromatic N) is 3. The maximum absolute atomic E-state index is 12.5. The lowest BCUT2D eigenvalue weighted by atomic mass is 10.2. The first-order valence-corrected chi connectivity index (χ1v) is 7.26. The maximum atomic E-state index is 12.5. The lowest BCUT2D eigenvalue weighted by molar-refractivity contribution is -0.133. The van der Waals surface area contributed by atoms with Crippen LogP contribution in [0, 0.1) is 0 Å². The van der Waals surface area contributed by atoms with Crippen LogP contribution in [0.2, 0.25) is 0 Å². The highest BCUT2D eigenvalue weighted by atomic mass is 79.9. The quantitative estimate of drug-likeness (QED) is 0.827. The van der Waals surface area contributed by atoms with E-state index in [0.29, 0.717) is 24.8 Å². The SMILES string of the molecule is CN1CCN(C(=O)c2cc(Br)cn2C2CC2)CC1=O. The molecule has 1 aromatic heterocycles. The monoisotopic (exact) mass is 325 g/mol. The Morgan fingerprint density at radius 2 is 2.11 bits per heavy atom. The summed E-state index contributed by atoms with van der Waals surface area (Å²) in [4.78, 5) is 27.5. The van der Waals surface area contributed by atoms with Crippen LogP contribution in [0.25, 0.3) is 0 Å². The number of halogens is 1. The molecule has 0 atom stereocenters. The van der Waals surface area contributed by atoms with Crippen molar-refractivity contribution in [3.05, 3.63) is 22.4 Å². The van der Waals surface area contributed by atoms with Crippen molar-refractivity contribution in [1.29, 1.82) is 0 Å². The van der Waals surface area contributed by atoms with Crippen LogP contribution in [-0.2, 0) is 4.79 Å². The molecule has 0 aromatic carbocycles. The third-order valence-electron chi connectivity index (χ3n) is 3.72. The number of hydrogen-bond acceptors (Lipinski definition) is 2. The predicted molar refractivity (Wildman–Crippen MR) is 73.9 cm³/mol. The largest absolute Gasteiger partial charge is 0.342 e. The smallest absolute Gasteiger partial charge is 0.271 e. The van der Waals surface area contributed by atoms with Gasteiger partial charge in [-0.25, -0.2) is 0 Å². The van der Waals surface area contributed by atoms with Crippen molar-refractivity contribution in [2.24, 2.45) is 0 Å². The van der Waals surface area contributed by atoms with Gasteiger partial charge in [-0.1, -0.05) is 0 Å². The predicted octanol–water partition coefficient (Wildman–Crippen LogP) is 1.50. The van der Waals surface area contributed by atoms with Gasteiger partial charge in [-0.15, -0.1) is 0 Å². The minimum atomic E-state index is -0.0425. The molecule has 3 rings (SSSR count). The second kappa shape index (κ2) is 4.67.